The van der Waals surface area contributed by atoms with E-state index in [0.29, 0.717) is 0 Å². The standard InChI is InChI=1S/C44H31NO/c1-3-12-32(13-4-1)34-22-24-36(25-23-34)41-19-8-9-20-42(41)45(39-28-26-35(27-29-39)33-14-5-2-6-15-33)40-18-11-17-37(30-40)44-31-38-16-7-10-21-43(38)46-44/h1-31H. The van der Waals surface area contributed by atoms with Crippen LogP contribution in [0.15, 0.2) is 192 Å². The van der Waals surface area contributed by atoms with Crippen LogP contribution in [0.5, 0.6) is 0 Å². The number of para-hydroxylation sites is 2. The van der Waals surface area contributed by atoms with E-state index in [0.717, 1.165) is 50.5 Å². The molecular weight excluding hydrogens is 558 g/mol. The Hall–Kier alpha value is -6.12. The predicted molar refractivity (Wildman–Crippen MR) is 193 cm³/mol. The van der Waals surface area contributed by atoms with E-state index in [1.807, 2.05) is 18.2 Å². The third kappa shape index (κ3) is 5.38. The molecule has 0 atom stereocenters. The minimum absolute atomic E-state index is 0.854. The molecule has 1 aromatic heterocycles. The molecule has 0 bridgehead atoms. The van der Waals surface area contributed by atoms with E-state index in [1.165, 1.54) is 22.3 Å². The van der Waals surface area contributed by atoms with Gasteiger partial charge in [0.25, 0.3) is 0 Å². The maximum atomic E-state index is 6.29. The van der Waals surface area contributed by atoms with Crippen molar-refractivity contribution in [3.05, 3.63) is 188 Å². The number of hydrogen-bond acceptors (Lipinski definition) is 2. The number of nitrogens with zero attached hydrogens (tertiary/aromatic N) is 1. The number of anilines is 3. The topological polar surface area (TPSA) is 16.4 Å². The fourth-order valence-electron chi connectivity index (χ4n) is 6.17. The van der Waals surface area contributed by atoms with Gasteiger partial charge in [-0.3, -0.25) is 0 Å². The normalized spacial score (nSPS) is 11.0. The van der Waals surface area contributed by atoms with Gasteiger partial charge in [0.05, 0.1) is 5.69 Å². The van der Waals surface area contributed by atoms with E-state index in [4.69, 9.17) is 4.42 Å². The van der Waals surface area contributed by atoms with Crippen molar-refractivity contribution < 1.29 is 4.42 Å². The molecule has 7 aromatic carbocycles. The van der Waals surface area contributed by atoms with Crippen LogP contribution in [0.25, 0.3) is 55.7 Å². The molecule has 0 N–H and O–H groups in total. The molecule has 8 aromatic rings. The van der Waals surface area contributed by atoms with Crippen LogP contribution >= 0.6 is 0 Å². The monoisotopic (exact) mass is 589 g/mol. The molecule has 0 aliphatic heterocycles. The zero-order valence-electron chi connectivity index (χ0n) is 25.3. The van der Waals surface area contributed by atoms with Gasteiger partial charge in [-0.2, -0.15) is 0 Å². The predicted octanol–water partition coefficient (Wildman–Crippen LogP) is 12.6. The Morgan fingerprint density at radius 2 is 0.891 bits per heavy atom. The van der Waals surface area contributed by atoms with Crippen LogP contribution in [-0.4, -0.2) is 0 Å². The quantitative estimate of drug-likeness (QED) is 0.184. The SMILES string of the molecule is c1ccc(-c2ccc(-c3ccccc3N(c3ccc(-c4ccccc4)cc3)c3cccc(-c4cc5ccccc5o4)c3)cc2)cc1. The number of furan rings is 1. The Morgan fingerprint density at radius 3 is 1.59 bits per heavy atom. The average Bonchev–Trinajstić information content (AvgIpc) is 3.58. The van der Waals surface area contributed by atoms with Gasteiger partial charge in [-0.05, 0) is 70.3 Å². The van der Waals surface area contributed by atoms with E-state index >= 15 is 0 Å². The molecule has 0 spiro atoms. The molecule has 218 valence electrons. The van der Waals surface area contributed by atoms with Crippen molar-refractivity contribution in [1.29, 1.82) is 0 Å². The van der Waals surface area contributed by atoms with Gasteiger partial charge in [0.2, 0.25) is 0 Å². The molecule has 0 amide bonds. The van der Waals surface area contributed by atoms with Crippen LogP contribution in [-0.2, 0) is 0 Å². The van der Waals surface area contributed by atoms with E-state index in [2.05, 4.69) is 175 Å². The van der Waals surface area contributed by atoms with Crippen LogP contribution in [0, 0.1) is 0 Å². The van der Waals surface area contributed by atoms with Crippen molar-refractivity contribution in [2.45, 2.75) is 0 Å². The molecule has 0 saturated heterocycles. The number of hydrogen-bond donors (Lipinski definition) is 0. The summed E-state index contributed by atoms with van der Waals surface area (Å²) in [4.78, 5) is 2.35. The van der Waals surface area contributed by atoms with Gasteiger partial charge in [-0.1, -0.05) is 146 Å². The summed E-state index contributed by atoms with van der Waals surface area (Å²) in [5.41, 5.74) is 12.3. The first kappa shape index (κ1) is 27.4. The molecule has 0 radical (unpaired) electrons. The molecule has 0 saturated carbocycles. The van der Waals surface area contributed by atoms with E-state index in [-0.39, 0.29) is 0 Å². The molecular formula is C44H31NO. The van der Waals surface area contributed by atoms with Crippen molar-refractivity contribution in [2.24, 2.45) is 0 Å². The Kier molecular flexibility index (Phi) is 7.22. The smallest absolute Gasteiger partial charge is 0.135 e. The van der Waals surface area contributed by atoms with Gasteiger partial charge in [-0.25, -0.2) is 0 Å². The molecule has 8 rings (SSSR count). The minimum Gasteiger partial charge on any atom is -0.456 e. The highest BCUT2D eigenvalue weighted by atomic mass is 16.3. The minimum atomic E-state index is 0.854. The van der Waals surface area contributed by atoms with E-state index < -0.39 is 0 Å². The molecule has 46 heavy (non-hydrogen) atoms. The van der Waals surface area contributed by atoms with Crippen LogP contribution in [0.3, 0.4) is 0 Å². The maximum absolute atomic E-state index is 6.29. The third-order valence-corrected chi connectivity index (χ3v) is 8.49. The number of fused-ring (bicyclic) bond motifs is 1. The summed E-state index contributed by atoms with van der Waals surface area (Å²) >= 11 is 0. The molecule has 2 nitrogen and oxygen atoms in total. The molecule has 2 heteroatoms. The van der Waals surface area contributed by atoms with Gasteiger partial charge in [0.1, 0.15) is 11.3 Å². The zero-order chi connectivity index (χ0) is 30.7. The fraction of sp³-hybridized carbons (Fsp3) is 0. The first-order valence-corrected chi connectivity index (χ1v) is 15.6. The summed E-state index contributed by atoms with van der Waals surface area (Å²) in [7, 11) is 0. The van der Waals surface area contributed by atoms with E-state index in [9.17, 15) is 0 Å². The lowest BCUT2D eigenvalue weighted by Gasteiger charge is -2.28. The van der Waals surface area contributed by atoms with Crippen LogP contribution in [0.1, 0.15) is 0 Å². The Balaban J connectivity index is 1.25. The molecule has 0 fully saturated rings. The summed E-state index contributed by atoms with van der Waals surface area (Å²) in [6.07, 6.45) is 0. The first-order valence-electron chi connectivity index (χ1n) is 15.6. The number of rotatable bonds is 7. The molecule has 0 unspecified atom stereocenters. The second-order valence-corrected chi connectivity index (χ2v) is 11.4. The average molecular weight is 590 g/mol. The van der Waals surface area contributed by atoms with Gasteiger partial charge in [0, 0.05) is 27.9 Å². The summed E-state index contributed by atoms with van der Waals surface area (Å²) in [6.45, 7) is 0. The fourth-order valence-corrected chi connectivity index (χ4v) is 6.17. The summed E-state index contributed by atoms with van der Waals surface area (Å²) in [5, 5.41) is 1.10. The van der Waals surface area contributed by atoms with Gasteiger partial charge >= 0.3 is 0 Å². The lowest BCUT2D eigenvalue weighted by atomic mass is 9.98. The Bertz CT molecular complexity index is 2200. The lowest BCUT2D eigenvalue weighted by Crippen LogP contribution is -2.11. The van der Waals surface area contributed by atoms with Crippen molar-refractivity contribution in [2.75, 3.05) is 4.90 Å². The Labute approximate surface area is 269 Å². The van der Waals surface area contributed by atoms with E-state index in [1.54, 1.807) is 0 Å². The van der Waals surface area contributed by atoms with Gasteiger partial charge in [0.15, 0.2) is 0 Å². The van der Waals surface area contributed by atoms with Crippen LogP contribution in [0.4, 0.5) is 17.1 Å². The summed E-state index contributed by atoms with van der Waals surface area (Å²) in [6, 6.07) is 66.3. The van der Waals surface area contributed by atoms with Gasteiger partial charge < -0.3 is 9.32 Å². The Morgan fingerprint density at radius 1 is 0.348 bits per heavy atom. The largest absolute Gasteiger partial charge is 0.456 e. The highest BCUT2D eigenvalue weighted by Gasteiger charge is 2.18. The van der Waals surface area contributed by atoms with Crippen molar-refractivity contribution in [3.63, 3.8) is 0 Å². The maximum Gasteiger partial charge on any atom is 0.135 e. The number of benzene rings is 7. The molecule has 0 aliphatic rings. The van der Waals surface area contributed by atoms with Gasteiger partial charge in [-0.15, -0.1) is 0 Å². The lowest BCUT2D eigenvalue weighted by molar-refractivity contribution is 0.631. The first-order chi connectivity index (χ1) is 22.8. The summed E-state index contributed by atoms with van der Waals surface area (Å²) in [5.74, 6) is 0.854. The summed E-state index contributed by atoms with van der Waals surface area (Å²) < 4.78 is 6.29. The molecule has 1 heterocycles. The highest BCUT2D eigenvalue weighted by Crippen LogP contribution is 2.43. The van der Waals surface area contributed by atoms with Crippen molar-refractivity contribution in [3.8, 4) is 44.7 Å². The van der Waals surface area contributed by atoms with Crippen molar-refractivity contribution >= 4 is 28.0 Å². The molecule has 0 aliphatic carbocycles. The second kappa shape index (κ2) is 12.1. The third-order valence-electron chi connectivity index (χ3n) is 8.49. The zero-order valence-corrected chi connectivity index (χ0v) is 25.3. The van der Waals surface area contributed by atoms with Crippen molar-refractivity contribution in [1.82, 2.24) is 0 Å². The van der Waals surface area contributed by atoms with Crippen LogP contribution in [0.2, 0.25) is 0 Å². The van der Waals surface area contributed by atoms with Crippen LogP contribution < -0.4 is 4.90 Å². The second-order valence-electron chi connectivity index (χ2n) is 11.4. The highest BCUT2D eigenvalue weighted by molar-refractivity contribution is 5.90.